The highest BCUT2D eigenvalue weighted by molar-refractivity contribution is 5.93. The van der Waals surface area contributed by atoms with Gasteiger partial charge in [-0.3, -0.25) is 14.4 Å². The van der Waals surface area contributed by atoms with Crippen LogP contribution in [-0.4, -0.2) is 49.5 Å². The van der Waals surface area contributed by atoms with Crippen molar-refractivity contribution in [2.45, 2.75) is 56.7 Å². The van der Waals surface area contributed by atoms with Crippen molar-refractivity contribution in [3.8, 4) is 11.8 Å². The van der Waals surface area contributed by atoms with Crippen LogP contribution in [0.3, 0.4) is 0 Å². The maximum Gasteiger partial charge on any atom is 0.243 e. The molecule has 1 saturated heterocycles. The number of carbonyl (C=O) groups is 3. The van der Waals surface area contributed by atoms with Gasteiger partial charge in [-0.15, -0.1) is 0 Å². The summed E-state index contributed by atoms with van der Waals surface area (Å²) >= 11 is 0. The standard InChI is InChI=1S/C23H29N5O4/c1-32-20-4-2-3-17-16(20)11-19(27-17)23(31)28-18(9-13-5-6-13)22(30)26-15(12-24)10-14-7-8-25-21(14)29/h2-4,13-15,18-19,27H,5-11H2,1H3,(H,25,29)(H,26,30)(H,28,31)/t14-,15-,18-,19?/m0/s1. The van der Waals surface area contributed by atoms with E-state index in [1.54, 1.807) is 7.11 Å². The van der Waals surface area contributed by atoms with Crippen LogP contribution in [0.15, 0.2) is 18.2 Å². The molecule has 4 rings (SSSR count). The molecule has 3 aliphatic rings. The second kappa shape index (κ2) is 9.47. The number of carbonyl (C=O) groups excluding carboxylic acids is 3. The zero-order chi connectivity index (χ0) is 22.7. The quantitative estimate of drug-likeness (QED) is 0.451. The summed E-state index contributed by atoms with van der Waals surface area (Å²) < 4.78 is 5.39. The van der Waals surface area contributed by atoms with Gasteiger partial charge in [0.1, 0.15) is 23.9 Å². The molecule has 0 aromatic heterocycles. The molecule has 2 fully saturated rings. The average Bonchev–Trinajstić information content (AvgIpc) is 3.35. The summed E-state index contributed by atoms with van der Waals surface area (Å²) in [6.07, 6.45) is 4.02. The highest BCUT2D eigenvalue weighted by Gasteiger charge is 2.36. The lowest BCUT2D eigenvalue weighted by Crippen LogP contribution is -2.53. The molecule has 4 N–H and O–H groups in total. The molecule has 32 heavy (non-hydrogen) atoms. The first kappa shape index (κ1) is 21.9. The fourth-order valence-corrected chi connectivity index (χ4v) is 4.47. The Morgan fingerprint density at radius 2 is 2.06 bits per heavy atom. The molecule has 4 atom stereocenters. The van der Waals surface area contributed by atoms with Gasteiger partial charge in [0, 0.05) is 30.1 Å². The summed E-state index contributed by atoms with van der Waals surface area (Å²) in [6, 6.07) is 5.73. The van der Waals surface area contributed by atoms with Gasteiger partial charge < -0.3 is 26.0 Å². The average molecular weight is 440 g/mol. The van der Waals surface area contributed by atoms with Gasteiger partial charge in [0.2, 0.25) is 17.7 Å². The normalized spacial score (nSPS) is 23.2. The number of fused-ring (bicyclic) bond motifs is 1. The molecule has 1 aromatic carbocycles. The van der Waals surface area contributed by atoms with Crippen molar-refractivity contribution in [2.24, 2.45) is 11.8 Å². The van der Waals surface area contributed by atoms with Gasteiger partial charge in [-0.2, -0.15) is 5.26 Å². The largest absolute Gasteiger partial charge is 0.496 e. The number of hydrogen-bond acceptors (Lipinski definition) is 6. The molecular weight excluding hydrogens is 410 g/mol. The molecule has 1 saturated carbocycles. The zero-order valence-electron chi connectivity index (χ0n) is 18.1. The monoisotopic (exact) mass is 439 g/mol. The van der Waals surface area contributed by atoms with Crippen molar-refractivity contribution < 1.29 is 19.1 Å². The smallest absolute Gasteiger partial charge is 0.243 e. The fourth-order valence-electron chi connectivity index (χ4n) is 4.47. The molecule has 0 spiro atoms. The topological polar surface area (TPSA) is 132 Å². The van der Waals surface area contributed by atoms with Gasteiger partial charge in [-0.1, -0.05) is 18.9 Å². The van der Waals surface area contributed by atoms with Crippen LogP contribution < -0.4 is 26.0 Å². The van der Waals surface area contributed by atoms with Crippen LogP contribution >= 0.6 is 0 Å². The number of ether oxygens (including phenoxy) is 1. The number of nitrogens with one attached hydrogen (secondary N) is 4. The summed E-state index contributed by atoms with van der Waals surface area (Å²) in [4.78, 5) is 37.8. The molecule has 9 heteroatoms. The van der Waals surface area contributed by atoms with Gasteiger partial charge in [0.05, 0.1) is 13.2 Å². The van der Waals surface area contributed by atoms with Crippen LogP contribution in [0, 0.1) is 23.2 Å². The van der Waals surface area contributed by atoms with Gasteiger partial charge in [0.15, 0.2) is 0 Å². The summed E-state index contributed by atoms with van der Waals surface area (Å²) in [7, 11) is 1.60. The predicted octanol–water partition coefficient (Wildman–Crippen LogP) is 0.851. The third-order valence-corrected chi connectivity index (χ3v) is 6.46. The lowest BCUT2D eigenvalue weighted by Gasteiger charge is -2.23. The second-order valence-corrected chi connectivity index (χ2v) is 8.83. The molecule has 2 heterocycles. The van der Waals surface area contributed by atoms with Crippen molar-refractivity contribution in [2.75, 3.05) is 19.0 Å². The van der Waals surface area contributed by atoms with Crippen LogP contribution in [0.1, 0.15) is 37.7 Å². The molecule has 0 bridgehead atoms. The number of hydrogen-bond donors (Lipinski definition) is 4. The molecule has 1 unspecified atom stereocenters. The van der Waals surface area contributed by atoms with Gasteiger partial charge in [-0.25, -0.2) is 0 Å². The number of rotatable bonds is 9. The van der Waals surface area contributed by atoms with Crippen LogP contribution in [0.4, 0.5) is 5.69 Å². The van der Waals surface area contributed by atoms with E-state index in [-0.39, 0.29) is 30.1 Å². The van der Waals surface area contributed by atoms with E-state index in [1.165, 1.54) is 0 Å². The molecule has 1 aliphatic carbocycles. The number of nitriles is 1. The first-order valence-corrected chi connectivity index (χ1v) is 11.2. The third-order valence-electron chi connectivity index (χ3n) is 6.46. The number of anilines is 1. The molecule has 2 aliphatic heterocycles. The van der Waals surface area contributed by atoms with Crippen LogP contribution in [0.2, 0.25) is 0 Å². The van der Waals surface area contributed by atoms with Crippen LogP contribution in [-0.2, 0) is 20.8 Å². The molecule has 3 amide bonds. The van der Waals surface area contributed by atoms with Crippen molar-refractivity contribution in [1.82, 2.24) is 16.0 Å². The first-order chi connectivity index (χ1) is 15.5. The third kappa shape index (κ3) is 4.96. The lowest BCUT2D eigenvalue weighted by molar-refractivity contribution is -0.130. The SMILES string of the molecule is COc1cccc2c1CC(C(=O)N[C@@H](CC1CC1)C(=O)N[C@H](C#N)C[C@@H]1CCNC1=O)N2. The Balaban J connectivity index is 1.37. The van der Waals surface area contributed by atoms with E-state index in [0.29, 0.717) is 31.7 Å². The number of methoxy groups -OCH3 is 1. The minimum absolute atomic E-state index is 0.0790. The van der Waals surface area contributed by atoms with Crippen LogP contribution in [0.5, 0.6) is 5.75 Å². The Kier molecular flexibility index (Phi) is 6.49. The van der Waals surface area contributed by atoms with Crippen LogP contribution in [0.25, 0.3) is 0 Å². The van der Waals surface area contributed by atoms with E-state index in [4.69, 9.17) is 4.74 Å². The van der Waals surface area contributed by atoms with Crippen molar-refractivity contribution in [3.63, 3.8) is 0 Å². The summed E-state index contributed by atoms with van der Waals surface area (Å²) in [5.41, 5.74) is 1.80. The molecule has 1 aromatic rings. The van der Waals surface area contributed by atoms with Gasteiger partial charge in [-0.05, 0) is 37.3 Å². The van der Waals surface area contributed by atoms with E-state index in [1.807, 2.05) is 18.2 Å². The maximum atomic E-state index is 13.0. The first-order valence-electron chi connectivity index (χ1n) is 11.2. The summed E-state index contributed by atoms with van der Waals surface area (Å²) in [5.74, 6) is 0.152. The zero-order valence-corrected chi connectivity index (χ0v) is 18.1. The molecular formula is C23H29N5O4. The Morgan fingerprint density at radius 3 is 2.72 bits per heavy atom. The second-order valence-electron chi connectivity index (χ2n) is 8.83. The fraction of sp³-hybridized carbons (Fsp3) is 0.565. The minimum atomic E-state index is -0.770. The van der Waals surface area contributed by atoms with E-state index in [9.17, 15) is 19.6 Å². The Labute approximate surface area is 187 Å². The molecule has 9 nitrogen and oxygen atoms in total. The highest BCUT2D eigenvalue weighted by Crippen LogP contribution is 2.35. The van der Waals surface area contributed by atoms with Gasteiger partial charge >= 0.3 is 0 Å². The molecule has 170 valence electrons. The van der Waals surface area contributed by atoms with Crippen molar-refractivity contribution in [1.29, 1.82) is 5.26 Å². The predicted molar refractivity (Wildman–Crippen MR) is 117 cm³/mol. The maximum absolute atomic E-state index is 13.0. The Bertz CT molecular complexity index is 939. The van der Waals surface area contributed by atoms with E-state index in [0.717, 1.165) is 29.8 Å². The van der Waals surface area contributed by atoms with E-state index < -0.39 is 18.1 Å². The van der Waals surface area contributed by atoms with Gasteiger partial charge in [0.25, 0.3) is 0 Å². The lowest BCUT2D eigenvalue weighted by atomic mass is 9.98. The number of amides is 3. The Morgan fingerprint density at radius 1 is 1.25 bits per heavy atom. The Hall–Kier alpha value is -3.28. The van der Waals surface area contributed by atoms with Crippen molar-refractivity contribution in [3.05, 3.63) is 23.8 Å². The van der Waals surface area contributed by atoms with E-state index in [2.05, 4.69) is 27.3 Å². The number of nitrogens with zero attached hydrogens (tertiary/aromatic N) is 1. The number of benzene rings is 1. The summed E-state index contributed by atoms with van der Waals surface area (Å²) in [5, 5.41) is 21.1. The molecule has 0 radical (unpaired) electrons. The van der Waals surface area contributed by atoms with Crippen molar-refractivity contribution >= 4 is 23.4 Å². The highest BCUT2D eigenvalue weighted by atomic mass is 16.5. The minimum Gasteiger partial charge on any atom is -0.496 e. The summed E-state index contributed by atoms with van der Waals surface area (Å²) in [6.45, 7) is 0.595. The van der Waals surface area contributed by atoms with E-state index >= 15 is 0 Å².